The molecule has 0 unspecified atom stereocenters. The number of aryl methyl sites for hydroxylation is 1. The van der Waals surface area contributed by atoms with Crippen molar-refractivity contribution in [2.75, 3.05) is 7.05 Å². The van der Waals surface area contributed by atoms with E-state index in [1.165, 1.54) is 15.2 Å². The number of rotatable bonds is 3. The third-order valence-corrected chi connectivity index (χ3v) is 6.96. The Labute approximate surface area is 165 Å². The first-order valence-electron chi connectivity index (χ1n) is 9.08. The van der Waals surface area contributed by atoms with Gasteiger partial charge in [0.2, 0.25) is 5.52 Å². The second-order valence-corrected chi connectivity index (χ2v) is 8.41. The van der Waals surface area contributed by atoms with Crippen LogP contribution in [0.2, 0.25) is 0 Å². The van der Waals surface area contributed by atoms with E-state index in [1.807, 2.05) is 47.9 Å². The largest absolute Gasteiger partial charge is 0.350 e. The van der Waals surface area contributed by atoms with Crippen LogP contribution in [0.3, 0.4) is 0 Å². The zero-order valence-corrected chi connectivity index (χ0v) is 17.3. The summed E-state index contributed by atoms with van der Waals surface area (Å²) in [6.45, 7) is 5.75. The molecule has 1 aliphatic heterocycles. The SMILES string of the molecule is CCn1c(=O)/c(=C2\C=CC=CN2C)s/c1=C\c1sc2ccccc2[n+]1CC. The molecule has 0 bridgehead atoms. The molecule has 0 radical (unpaired) electrons. The van der Waals surface area contributed by atoms with E-state index < -0.39 is 0 Å². The van der Waals surface area contributed by atoms with Crippen LogP contribution in [-0.2, 0) is 13.1 Å². The Hall–Kier alpha value is -2.44. The van der Waals surface area contributed by atoms with Gasteiger partial charge in [-0.05, 0) is 32.1 Å². The highest BCUT2D eigenvalue weighted by Gasteiger charge is 2.18. The number of aromatic nitrogens is 2. The van der Waals surface area contributed by atoms with Crippen LogP contribution in [-0.4, -0.2) is 16.5 Å². The van der Waals surface area contributed by atoms with Gasteiger partial charge in [-0.15, -0.1) is 11.3 Å². The average Bonchev–Trinajstić information content (AvgIpc) is 3.18. The fourth-order valence-corrected chi connectivity index (χ4v) is 5.80. The van der Waals surface area contributed by atoms with Crippen molar-refractivity contribution >= 4 is 44.7 Å². The molecule has 1 aliphatic rings. The molecule has 138 valence electrons. The Morgan fingerprint density at radius 1 is 1.15 bits per heavy atom. The van der Waals surface area contributed by atoms with Crippen LogP contribution >= 0.6 is 22.7 Å². The Kier molecular flexibility index (Phi) is 4.85. The van der Waals surface area contributed by atoms with E-state index in [9.17, 15) is 4.79 Å². The van der Waals surface area contributed by atoms with Gasteiger partial charge in [0.1, 0.15) is 20.4 Å². The first-order valence-corrected chi connectivity index (χ1v) is 10.7. The first-order chi connectivity index (χ1) is 13.1. The standard InChI is InChI=1S/C21H22N3OS2/c1-4-23-15-10-6-7-12-17(15)26-18(23)14-19-24(5-2)21(25)20(27-19)16-11-8-9-13-22(16)3/h6-14H,4-5H2,1-3H3/q+1/b20-16-. The average molecular weight is 397 g/mol. The van der Waals surface area contributed by atoms with Crippen LogP contribution in [0.25, 0.3) is 22.0 Å². The summed E-state index contributed by atoms with van der Waals surface area (Å²) < 4.78 is 7.23. The molecule has 3 heterocycles. The fourth-order valence-electron chi connectivity index (χ4n) is 3.35. The van der Waals surface area contributed by atoms with Gasteiger partial charge in [-0.2, -0.15) is 4.57 Å². The fraction of sp³-hybridized carbons (Fsp3) is 0.238. The maximum Gasteiger partial charge on any atom is 0.271 e. The minimum Gasteiger partial charge on any atom is -0.350 e. The predicted octanol–water partition coefficient (Wildman–Crippen LogP) is 2.40. The van der Waals surface area contributed by atoms with Gasteiger partial charge < -0.3 is 4.90 Å². The van der Waals surface area contributed by atoms with Gasteiger partial charge >= 0.3 is 0 Å². The van der Waals surface area contributed by atoms with Gasteiger partial charge in [0.25, 0.3) is 10.6 Å². The van der Waals surface area contributed by atoms with Crippen LogP contribution < -0.4 is 19.3 Å². The number of hydrogen-bond donors (Lipinski definition) is 0. The van der Waals surface area contributed by atoms with Gasteiger partial charge in [0.05, 0.1) is 11.8 Å². The van der Waals surface area contributed by atoms with E-state index in [0.717, 1.165) is 21.4 Å². The van der Waals surface area contributed by atoms with Crippen molar-refractivity contribution in [1.29, 1.82) is 0 Å². The van der Waals surface area contributed by atoms with Crippen LogP contribution in [0.15, 0.2) is 53.5 Å². The number of allylic oxidation sites excluding steroid dienone is 2. The molecule has 6 heteroatoms. The highest BCUT2D eigenvalue weighted by Crippen LogP contribution is 2.20. The van der Waals surface area contributed by atoms with Crippen LogP contribution in [0.1, 0.15) is 18.9 Å². The quantitative estimate of drug-likeness (QED) is 0.636. The topological polar surface area (TPSA) is 29.1 Å². The van der Waals surface area contributed by atoms with Gasteiger partial charge in [0, 0.05) is 25.9 Å². The molecule has 0 saturated carbocycles. The Bertz CT molecular complexity index is 1240. The van der Waals surface area contributed by atoms with Gasteiger partial charge in [-0.25, -0.2) is 0 Å². The minimum atomic E-state index is 0.0831. The van der Waals surface area contributed by atoms with E-state index in [2.05, 4.69) is 41.8 Å². The summed E-state index contributed by atoms with van der Waals surface area (Å²) >= 11 is 3.34. The maximum absolute atomic E-state index is 13.0. The van der Waals surface area contributed by atoms with Crippen LogP contribution in [0, 0.1) is 0 Å². The van der Waals surface area contributed by atoms with Crippen molar-refractivity contribution in [3.63, 3.8) is 0 Å². The van der Waals surface area contributed by atoms with Crippen LogP contribution in [0.5, 0.6) is 0 Å². The lowest BCUT2D eigenvalue weighted by atomic mass is 10.3. The summed E-state index contributed by atoms with van der Waals surface area (Å²) in [7, 11) is 1.98. The number of fused-ring (bicyclic) bond motifs is 1. The smallest absolute Gasteiger partial charge is 0.271 e. The molecular formula is C21H22N3OS2+. The third-order valence-electron chi connectivity index (χ3n) is 4.72. The van der Waals surface area contributed by atoms with E-state index in [0.29, 0.717) is 6.54 Å². The summed E-state index contributed by atoms with van der Waals surface area (Å²) in [6.07, 6.45) is 10.1. The van der Waals surface area contributed by atoms with Crippen molar-refractivity contribution in [3.8, 4) is 0 Å². The lowest BCUT2D eigenvalue weighted by molar-refractivity contribution is -0.665. The van der Waals surface area contributed by atoms with Crippen LogP contribution in [0.4, 0.5) is 0 Å². The molecule has 4 nitrogen and oxygen atoms in total. The number of thiazole rings is 2. The molecule has 0 atom stereocenters. The summed E-state index contributed by atoms with van der Waals surface area (Å²) in [6, 6.07) is 8.46. The molecule has 0 N–H and O–H groups in total. The van der Waals surface area contributed by atoms with Gasteiger partial charge in [0.15, 0.2) is 0 Å². The molecular weight excluding hydrogens is 374 g/mol. The second-order valence-electron chi connectivity index (χ2n) is 6.31. The summed E-state index contributed by atoms with van der Waals surface area (Å²) in [4.78, 5) is 15.0. The molecule has 3 aromatic rings. The van der Waals surface area contributed by atoms with Crippen molar-refractivity contribution in [3.05, 3.63) is 73.3 Å². The van der Waals surface area contributed by atoms with E-state index in [4.69, 9.17) is 0 Å². The molecule has 27 heavy (non-hydrogen) atoms. The van der Waals surface area contributed by atoms with Crippen molar-refractivity contribution in [2.24, 2.45) is 0 Å². The number of hydrogen-bond acceptors (Lipinski definition) is 4. The zero-order chi connectivity index (χ0) is 19.0. The maximum atomic E-state index is 13.0. The lowest BCUT2D eigenvalue weighted by Crippen LogP contribution is -2.35. The molecule has 0 amide bonds. The Morgan fingerprint density at radius 3 is 2.70 bits per heavy atom. The minimum absolute atomic E-state index is 0.0831. The molecule has 1 aromatic carbocycles. The molecule has 4 rings (SSSR count). The third kappa shape index (κ3) is 3.09. The van der Waals surface area contributed by atoms with Gasteiger partial charge in [-0.1, -0.05) is 29.5 Å². The molecule has 0 spiro atoms. The summed E-state index contributed by atoms with van der Waals surface area (Å²) in [5.74, 6) is 0. The molecule has 2 aromatic heterocycles. The lowest BCUT2D eigenvalue weighted by Gasteiger charge is -2.16. The first kappa shape index (κ1) is 17.9. The Balaban J connectivity index is 2.00. The van der Waals surface area contributed by atoms with Gasteiger partial charge in [-0.3, -0.25) is 9.36 Å². The highest BCUT2D eigenvalue weighted by atomic mass is 32.1. The number of nitrogens with zero attached hydrogens (tertiary/aromatic N) is 3. The van der Waals surface area contributed by atoms with E-state index in [1.54, 1.807) is 22.7 Å². The number of likely N-dealkylation sites (N-methyl/N-ethyl adjacent to an activating group) is 1. The molecule has 0 saturated heterocycles. The van der Waals surface area contributed by atoms with Crippen molar-refractivity contribution in [1.82, 2.24) is 9.47 Å². The summed E-state index contributed by atoms with van der Waals surface area (Å²) in [5, 5.41) is 1.17. The Morgan fingerprint density at radius 2 is 1.96 bits per heavy atom. The monoisotopic (exact) mass is 396 g/mol. The van der Waals surface area contributed by atoms with Crippen molar-refractivity contribution < 1.29 is 4.57 Å². The number of para-hydroxylation sites is 1. The second kappa shape index (κ2) is 7.29. The summed E-state index contributed by atoms with van der Waals surface area (Å²) in [5.41, 5.74) is 2.28. The van der Waals surface area contributed by atoms with E-state index >= 15 is 0 Å². The van der Waals surface area contributed by atoms with Crippen molar-refractivity contribution in [2.45, 2.75) is 26.9 Å². The highest BCUT2D eigenvalue weighted by molar-refractivity contribution is 7.19. The molecule has 0 fully saturated rings. The zero-order valence-electron chi connectivity index (χ0n) is 15.7. The predicted molar refractivity (Wildman–Crippen MR) is 114 cm³/mol. The number of benzene rings is 1. The van der Waals surface area contributed by atoms with E-state index in [-0.39, 0.29) is 5.56 Å². The normalized spacial score (nSPS) is 16.7. The molecule has 0 aliphatic carbocycles.